The molecule has 110 valence electrons. The average molecular weight is 304 g/mol. The topological polar surface area (TPSA) is 82.2 Å². The molecule has 3 rings (SSSR count). The van der Waals surface area contributed by atoms with Crippen molar-refractivity contribution in [3.8, 4) is 0 Å². The number of H-pyrrole nitrogens is 1. The zero-order valence-electron chi connectivity index (χ0n) is 11.6. The smallest absolute Gasteiger partial charge is 0.330 e. The van der Waals surface area contributed by atoms with Crippen LogP contribution in [0.5, 0.6) is 0 Å². The summed E-state index contributed by atoms with van der Waals surface area (Å²) in [6.45, 7) is 1.83. The normalized spacial score (nSPS) is 21.6. The number of carboxylic acid groups (broad SMARTS) is 1. The average Bonchev–Trinajstić information content (AvgIpc) is 3.02. The van der Waals surface area contributed by atoms with Crippen LogP contribution < -0.4 is 5.32 Å². The van der Waals surface area contributed by atoms with E-state index in [-0.39, 0.29) is 5.91 Å². The van der Waals surface area contributed by atoms with Crippen molar-refractivity contribution in [1.82, 2.24) is 10.3 Å². The number of carbonyl (C=O) groups is 2. The van der Waals surface area contributed by atoms with Crippen LogP contribution in [0.25, 0.3) is 10.9 Å². The van der Waals surface area contributed by atoms with Crippen LogP contribution >= 0.6 is 11.8 Å². The monoisotopic (exact) mass is 304 g/mol. The molecule has 3 N–H and O–H groups in total. The maximum atomic E-state index is 12.6. The van der Waals surface area contributed by atoms with Crippen LogP contribution in [0.3, 0.4) is 0 Å². The number of rotatable bonds is 3. The summed E-state index contributed by atoms with van der Waals surface area (Å²) in [5.74, 6) is -0.122. The second-order valence-corrected chi connectivity index (χ2v) is 6.42. The molecule has 1 aliphatic rings. The second kappa shape index (κ2) is 5.11. The molecular formula is C15H16N2O3S. The maximum Gasteiger partial charge on any atom is 0.330 e. The number of aryl methyl sites for hydroxylation is 1. The highest BCUT2D eigenvalue weighted by molar-refractivity contribution is 7.99. The SMILES string of the molecule is Cc1[nH]c2ccccc2c1C(=O)NC1(C(=O)O)CCSC1. The van der Waals surface area contributed by atoms with Crippen LogP contribution in [0.4, 0.5) is 0 Å². The lowest BCUT2D eigenvalue weighted by atomic mass is 9.98. The molecule has 2 aromatic rings. The first-order valence-electron chi connectivity index (χ1n) is 6.74. The molecule has 0 bridgehead atoms. The minimum Gasteiger partial charge on any atom is -0.479 e. The Labute approximate surface area is 126 Å². The summed E-state index contributed by atoms with van der Waals surface area (Å²) in [4.78, 5) is 27.3. The molecule has 0 radical (unpaired) electrons. The van der Waals surface area contributed by atoms with E-state index in [9.17, 15) is 14.7 Å². The number of nitrogens with one attached hydrogen (secondary N) is 2. The Morgan fingerprint density at radius 3 is 2.81 bits per heavy atom. The van der Waals surface area contributed by atoms with E-state index in [1.807, 2.05) is 31.2 Å². The van der Waals surface area contributed by atoms with Gasteiger partial charge in [-0.25, -0.2) is 4.79 Å². The third-order valence-electron chi connectivity index (χ3n) is 3.90. The number of aromatic nitrogens is 1. The third-order valence-corrected chi connectivity index (χ3v) is 5.09. The number of para-hydroxylation sites is 1. The van der Waals surface area contributed by atoms with Gasteiger partial charge in [0.15, 0.2) is 0 Å². The molecule has 6 heteroatoms. The van der Waals surface area contributed by atoms with Gasteiger partial charge in [-0.05, 0) is 25.2 Å². The minimum atomic E-state index is -1.15. The molecule has 0 saturated carbocycles. The Balaban J connectivity index is 1.97. The summed E-state index contributed by atoms with van der Waals surface area (Å²) in [6.07, 6.45) is 0.458. The first-order chi connectivity index (χ1) is 10.0. The number of thioether (sulfide) groups is 1. The second-order valence-electron chi connectivity index (χ2n) is 5.31. The highest BCUT2D eigenvalue weighted by Crippen LogP contribution is 2.30. The third kappa shape index (κ3) is 2.29. The molecule has 0 aliphatic carbocycles. The molecule has 21 heavy (non-hydrogen) atoms. The fourth-order valence-electron chi connectivity index (χ4n) is 2.73. The number of carbonyl (C=O) groups excluding carboxylic acids is 1. The number of carboxylic acids is 1. The highest BCUT2D eigenvalue weighted by Gasteiger charge is 2.43. The quantitative estimate of drug-likeness (QED) is 0.811. The molecule has 0 spiro atoms. The first kappa shape index (κ1) is 14.0. The van der Waals surface area contributed by atoms with E-state index in [2.05, 4.69) is 10.3 Å². The van der Waals surface area contributed by atoms with Gasteiger partial charge in [0.05, 0.1) is 5.56 Å². The molecule has 1 amide bonds. The number of hydrogen-bond acceptors (Lipinski definition) is 3. The molecule has 1 unspecified atom stereocenters. The maximum absolute atomic E-state index is 12.6. The van der Waals surface area contributed by atoms with Crippen molar-refractivity contribution >= 4 is 34.5 Å². The van der Waals surface area contributed by atoms with Crippen molar-refractivity contribution in [2.24, 2.45) is 0 Å². The van der Waals surface area contributed by atoms with Crippen LogP contribution in [0.15, 0.2) is 24.3 Å². The number of aliphatic carboxylic acids is 1. The number of fused-ring (bicyclic) bond motifs is 1. The summed E-state index contributed by atoms with van der Waals surface area (Å²) >= 11 is 1.55. The standard InChI is InChI=1S/C15H16N2O3S/c1-9-12(10-4-2-3-5-11(10)16-9)13(18)17-15(14(19)20)6-7-21-8-15/h2-5,16H,6-8H2,1H3,(H,17,18)(H,19,20). The summed E-state index contributed by atoms with van der Waals surface area (Å²) < 4.78 is 0. The van der Waals surface area contributed by atoms with Gasteiger partial charge < -0.3 is 15.4 Å². The van der Waals surface area contributed by atoms with Gasteiger partial charge in [0.1, 0.15) is 5.54 Å². The van der Waals surface area contributed by atoms with Crippen molar-refractivity contribution in [3.63, 3.8) is 0 Å². The molecule has 1 fully saturated rings. The highest BCUT2D eigenvalue weighted by atomic mass is 32.2. The van der Waals surface area contributed by atoms with Crippen molar-refractivity contribution in [1.29, 1.82) is 0 Å². The van der Waals surface area contributed by atoms with Crippen LogP contribution in [0, 0.1) is 6.92 Å². The molecule has 1 atom stereocenters. The number of benzene rings is 1. The minimum absolute atomic E-state index is 0.324. The number of aromatic amines is 1. The zero-order valence-corrected chi connectivity index (χ0v) is 12.4. The van der Waals surface area contributed by atoms with E-state index >= 15 is 0 Å². The lowest BCUT2D eigenvalue weighted by molar-refractivity contribution is -0.143. The Bertz CT molecular complexity index is 717. The van der Waals surface area contributed by atoms with E-state index in [0.717, 1.165) is 22.3 Å². The van der Waals surface area contributed by atoms with Crippen molar-refractivity contribution in [3.05, 3.63) is 35.5 Å². The summed E-state index contributed by atoms with van der Waals surface area (Å²) in [5.41, 5.74) is 1.01. The first-order valence-corrected chi connectivity index (χ1v) is 7.90. The zero-order chi connectivity index (χ0) is 15.0. The van der Waals surface area contributed by atoms with Gasteiger partial charge in [0.25, 0.3) is 5.91 Å². The lowest BCUT2D eigenvalue weighted by Gasteiger charge is -2.24. The summed E-state index contributed by atoms with van der Waals surface area (Å²) in [5, 5.41) is 13.0. The van der Waals surface area contributed by atoms with Crippen LogP contribution in [-0.2, 0) is 4.79 Å². The van der Waals surface area contributed by atoms with Crippen molar-refractivity contribution in [2.45, 2.75) is 18.9 Å². The van der Waals surface area contributed by atoms with Crippen molar-refractivity contribution < 1.29 is 14.7 Å². The van der Waals surface area contributed by atoms with Gasteiger partial charge in [-0.2, -0.15) is 11.8 Å². The Morgan fingerprint density at radius 2 is 2.14 bits per heavy atom. The molecular weight excluding hydrogens is 288 g/mol. The Hall–Kier alpha value is -1.95. The van der Waals surface area contributed by atoms with Crippen LogP contribution in [-0.4, -0.2) is 39.0 Å². The van der Waals surface area contributed by atoms with Gasteiger partial charge in [0, 0.05) is 22.3 Å². The van der Waals surface area contributed by atoms with Crippen LogP contribution in [0.1, 0.15) is 22.5 Å². The Kier molecular flexibility index (Phi) is 3.41. The lowest BCUT2D eigenvalue weighted by Crippen LogP contribution is -2.54. The van der Waals surface area contributed by atoms with E-state index < -0.39 is 11.5 Å². The largest absolute Gasteiger partial charge is 0.479 e. The molecule has 1 aliphatic heterocycles. The molecule has 1 aromatic carbocycles. The molecule has 2 heterocycles. The van der Waals surface area contributed by atoms with Gasteiger partial charge >= 0.3 is 5.97 Å². The van der Waals surface area contributed by atoms with E-state index in [1.54, 1.807) is 11.8 Å². The number of amides is 1. The van der Waals surface area contributed by atoms with Crippen molar-refractivity contribution in [2.75, 3.05) is 11.5 Å². The summed E-state index contributed by atoms with van der Waals surface area (Å²) in [6, 6.07) is 7.53. The molecule has 1 saturated heterocycles. The predicted octanol–water partition coefficient (Wildman–Crippen LogP) is 2.17. The molecule has 1 aromatic heterocycles. The van der Waals surface area contributed by atoms with Gasteiger partial charge in [-0.15, -0.1) is 0 Å². The van der Waals surface area contributed by atoms with E-state index in [4.69, 9.17) is 0 Å². The van der Waals surface area contributed by atoms with Crippen LogP contribution in [0.2, 0.25) is 0 Å². The predicted molar refractivity (Wildman–Crippen MR) is 82.8 cm³/mol. The van der Waals surface area contributed by atoms with Gasteiger partial charge in [0.2, 0.25) is 0 Å². The van der Waals surface area contributed by atoms with E-state index in [0.29, 0.717) is 17.7 Å². The molecule has 5 nitrogen and oxygen atoms in total. The number of hydrogen-bond donors (Lipinski definition) is 3. The van der Waals surface area contributed by atoms with Gasteiger partial charge in [-0.1, -0.05) is 18.2 Å². The van der Waals surface area contributed by atoms with E-state index in [1.165, 1.54) is 0 Å². The Morgan fingerprint density at radius 1 is 1.38 bits per heavy atom. The fourth-order valence-corrected chi connectivity index (χ4v) is 4.06. The fraction of sp³-hybridized carbons (Fsp3) is 0.333. The summed E-state index contributed by atoms with van der Waals surface area (Å²) in [7, 11) is 0. The van der Waals surface area contributed by atoms with Gasteiger partial charge in [-0.3, -0.25) is 4.79 Å².